The van der Waals surface area contributed by atoms with Crippen molar-refractivity contribution in [2.45, 2.75) is 12.7 Å². The number of fused-ring (bicyclic) bond motifs is 1. The minimum absolute atomic E-state index is 0.0860. The maximum atomic E-state index is 14.3. The third-order valence-electron chi connectivity index (χ3n) is 5.27. The van der Waals surface area contributed by atoms with E-state index in [-0.39, 0.29) is 24.2 Å². The third-order valence-corrected chi connectivity index (χ3v) is 5.27. The van der Waals surface area contributed by atoms with Crippen LogP contribution in [-0.4, -0.2) is 43.6 Å². The molecule has 5 aromatic rings. The predicted octanol–water partition coefficient (Wildman–Crippen LogP) is 4.41. The molecule has 0 saturated carbocycles. The molecular formula is C26H20F2N6O4. The van der Waals surface area contributed by atoms with Crippen LogP contribution >= 0.6 is 0 Å². The van der Waals surface area contributed by atoms with E-state index in [1.165, 1.54) is 50.0 Å². The molecule has 0 aliphatic heterocycles. The Bertz CT molecular complexity index is 1580. The van der Waals surface area contributed by atoms with Gasteiger partial charge in [-0.05, 0) is 36.4 Å². The lowest BCUT2D eigenvalue weighted by atomic mass is 10.3. The van der Waals surface area contributed by atoms with E-state index < -0.39 is 12.0 Å². The molecule has 0 atom stereocenters. The average molecular weight is 518 g/mol. The van der Waals surface area contributed by atoms with E-state index in [9.17, 15) is 13.6 Å². The van der Waals surface area contributed by atoms with Crippen LogP contribution in [0.3, 0.4) is 0 Å². The highest BCUT2D eigenvalue weighted by atomic mass is 19.3. The molecule has 0 bridgehead atoms. The normalized spacial score (nSPS) is 11.2. The van der Waals surface area contributed by atoms with Gasteiger partial charge in [0.15, 0.2) is 11.6 Å². The highest BCUT2D eigenvalue weighted by Gasteiger charge is 2.42. The fourth-order valence-corrected chi connectivity index (χ4v) is 3.57. The largest absolute Gasteiger partial charge is 0.491 e. The summed E-state index contributed by atoms with van der Waals surface area (Å²) in [6.07, 6.45) is -1.22. The first kappa shape index (κ1) is 24.6. The molecule has 2 aromatic carbocycles. The highest BCUT2D eigenvalue weighted by molar-refractivity contribution is 5.94. The summed E-state index contributed by atoms with van der Waals surface area (Å²) >= 11 is 0. The van der Waals surface area contributed by atoms with E-state index in [0.717, 1.165) is 0 Å². The molecule has 0 saturated heterocycles. The number of anilines is 1. The standard InChI is InChI=1S/C26H20F2N6O4/c1-36-21-14-29-16-30-23(21)34-20-12-6-5-11-19(20)32-25(34)37-15-17-8-7-13-22(31-17)33-24(35)26(27,28)38-18-9-3-2-4-10-18/h2-14,16H,15H2,1H3,(H,31,33,35). The number of methoxy groups -OCH3 is 1. The second-order valence-electron chi connectivity index (χ2n) is 7.82. The lowest BCUT2D eigenvalue weighted by Gasteiger charge is -2.17. The van der Waals surface area contributed by atoms with Gasteiger partial charge in [-0.1, -0.05) is 36.4 Å². The van der Waals surface area contributed by atoms with Gasteiger partial charge in [-0.25, -0.2) is 19.5 Å². The number of ether oxygens (including phenoxy) is 3. The van der Waals surface area contributed by atoms with Crippen LogP contribution in [0.25, 0.3) is 16.9 Å². The molecule has 0 fully saturated rings. The second-order valence-corrected chi connectivity index (χ2v) is 7.82. The first-order chi connectivity index (χ1) is 18.4. The average Bonchev–Trinajstić information content (AvgIpc) is 3.30. The number of nitrogens with zero attached hydrogens (tertiary/aromatic N) is 5. The quantitative estimate of drug-likeness (QED) is 0.305. The van der Waals surface area contributed by atoms with Gasteiger partial charge >= 0.3 is 18.0 Å². The molecule has 1 N–H and O–H groups in total. The Balaban J connectivity index is 1.35. The Labute approximate surface area is 214 Å². The minimum Gasteiger partial charge on any atom is -0.491 e. The Morgan fingerprint density at radius 1 is 1.00 bits per heavy atom. The summed E-state index contributed by atoms with van der Waals surface area (Å²) in [4.78, 5) is 29.2. The first-order valence-corrected chi connectivity index (χ1v) is 11.3. The molecule has 1 amide bonds. The topological polar surface area (TPSA) is 113 Å². The van der Waals surface area contributed by atoms with Crippen molar-refractivity contribution in [3.8, 4) is 23.3 Å². The van der Waals surface area contributed by atoms with Crippen LogP contribution in [0, 0.1) is 0 Å². The number of carbonyl (C=O) groups excluding carboxylic acids is 1. The lowest BCUT2D eigenvalue weighted by Crippen LogP contribution is -2.40. The minimum atomic E-state index is -4.11. The second kappa shape index (κ2) is 10.5. The van der Waals surface area contributed by atoms with Gasteiger partial charge in [0.25, 0.3) is 0 Å². The molecule has 3 aromatic heterocycles. The summed E-state index contributed by atoms with van der Waals surface area (Å²) in [5.41, 5.74) is 1.72. The van der Waals surface area contributed by atoms with E-state index in [2.05, 4.69) is 30.0 Å². The van der Waals surface area contributed by atoms with Crippen LogP contribution in [0.4, 0.5) is 14.6 Å². The zero-order chi connectivity index (χ0) is 26.5. The van der Waals surface area contributed by atoms with Crippen molar-refractivity contribution in [3.05, 3.63) is 91.0 Å². The Hall–Kier alpha value is -5.13. The van der Waals surface area contributed by atoms with Crippen LogP contribution < -0.4 is 19.5 Å². The molecule has 5 rings (SSSR count). The summed E-state index contributed by atoms with van der Waals surface area (Å²) in [5, 5.41) is 2.08. The number of alkyl halides is 2. The number of benzene rings is 2. The number of amides is 1. The number of carbonyl (C=O) groups is 1. The molecular weight excluding hydrogens is 498 g/mol. The van der Waals surface area contributed by atoms with E-state index in [1.54, 1.807) is 22.8 Å². The molecule has 0 unspecified atom stereocenters. The number of nitrogens with one attached hydrogen (secondary N) is 1. The summed E-state index contributed by atoms with van der Waals surface area (Å²) in [6, 6.07) is 19.4. The van der Waals surface area contributed by atoms with Crippen molar-refractivity contribution in [1.29, 1.82) is 0 Å². The highest BCUT2D eigenvalue weighted by Crippen LogP contribution is 2.30. The van der Waals surface area contributed by atoms with Crippen molar-refractivity contribution in [2.75, 3.05) is 12.4 Å². The van der Waals surface area contributed by atoms with Crippen LogP contribution in [0.1, 0.15) is 5.69 Å². The van der Waals surface area contributed by atoms with Gasteiger partial charge in [-0.15, -0.1) is 0 Å². The van der Waals surface area contributed by atoms with Crippen LogP contribution in [-0.2, 0) is 11.4 Å². The van der Waals surface area contributed by atoms with E-state index in [0.29, 0.717) is 28.3 Å². The molecule has 12 heteroatoms. The van der Waals surface area contributed by atoms with Gasteiger partial charge in [0.2, 0.25) is 0 Å². The van der Waals surface area contributed by atoms with Crippen LogP contribution in [0.2, 0.25) is 0 Å². The van der Waals surface area contributed by atoms with Crippen molar-refractivity contribution < 1.29 is 27.8 Å². The number of para-hydroxylation sites is 3. The van der Waals surface area contributed by atoms with Crippen LogP contribution in [0.15, 0.2) is 85.3 Å². The lowest BCUT2D eigenvalue weighted by molar-refractivity contribution is -0.187. The maximum absolute atomic E-state index is 14.3. The summed E-state index contributed by atoms with van der Waals surface area (Å²) in [6.45, 7) is -0.0860. The first-order valence-electron chi connectivity index (χ1n) is 11.3. The fourth-order valence-electron chi connectivity index (χ4n) is 3.57. The van der Waals surface area contributed by atoms with Gasteiger partial charge in [-0.2, -0.15) is 13.8 Å². The Morgan fingerprint density at radius 2 is 1.79 bits per heavy atom. The number of imidazole rings is 1. The molecule has 3 heterocycles. The third kappa shape index (κ3) is 5.19. The van der Waals surface area contributed by atoms with Gasteiger partial charge in [0, 0.05) is 0 Å². The van der Waals surface area contributed by atoms with Crippen molar-refractivity contribution in [1.82, 2.24) is 24.5 Å². The smallest absolute Gasteiger partial charge is 0.482 e. The fraction of sp³-hybridized carbons (Fsp3) is 0.115. The molecule has 10 nitrogen and oxygen atoms in total. The molecule has 192 valence electrons. The van der Waals surface area contributed by atoms with Crippen molar-refractivity contribution >= 4 is 22.8 Å². The van der Waals surface area contributed by atoms with Gasteiger partial charge in [-0.3, -0.25) is 4.79 Å². The number of pyridine rings is 1. The molecule has 0 aliphatic carbocycles. The van der Waals surface area contributed by atoms with Gasteiger partial charge < -0.3 is 19.5 Å². The zero-order valence-corrected chi connectivity index (χ0v) is 19.9. The van der Waals surface area contributed by atoms with Crippen molar-refractivity contribution in [2.24, 2.45) is 0 Å². The molecule has 0 aliphatic rings. The number of aromatic nitrogens is 5. The number of halogens is 2. The Kier molecular flexibility index (Phi) is 6.76. The summed E-state index contributed by atoms with van der Waals surface area (Å²) < 4.78 is 46.2. The Morgan fingerprint density at radius 3 is 2.61 bits per heavy atom. The summed E-state index contributed by atoms with van der Waals surface area (Å²) in [7, 11) is 1.50. The number of hydrogen-bond acceptors (Lipinski definition) is 8. The molecule has 0 spiro atoms. The van der Waals surface area contributed by atoms with E-state index in [4.69, 9.17) is 9.47 Å². The molecule has 38 heavy (non-hydrogen) atoms. The monoisotopic (exact) mass is 518 g/mol. The molecule has 0 radical (unpaired) electrons. The van der Waals surface area contributed by atoms with E-state index >= 15 is 0 Å². The van der Waals surface area contributed by atoms with Crippen molar-refractivity contribution in [3.63, 3.8) is 0 Å². The van der Waals surface area contributed by atoms with Gasteiger partial charge in [0.05, 0.1) is 30.0 Å². The van der Waals surface area contributed by atoms with Crippen LogP contribution in [0.5, 0.6) is 17.5 Å². The number of rotatable bonds is 9. The predicted molar refractivity (Wildman–Crippen MR) is 132 cm³/mol. The van der Waals surface area contributed by atoms with E-state index in [1.807, 2.05) is 24.3 Å². The number of hydrogen-bond donors (Lipinski definition) is 1. The SMILES string of the molecule is COc1cncnc1-n1c(OCc2cccc(NC(=O)C(F)(F)Oc3ccccc3)n2)nc2ccccc21. The zero-order valence-electron chi connectivity index (χ0n) is 19.9. The maximum Gasteiger partial charge on any atom is 0.482 e. The summed E-state index contributed by atoms with van der Waals surface area (Å²) in [5.74, 6) is -1.09. The van der Waals surface area contributed by atoms with Gasteiger partial charge in [0.1, 0.15) is 24.5 Å².